The Hall–Kier alpha value is -2.33. The van der Waals surface area contributed by atoms with Crippen molar-refractivity contribution >= 4 is 27.9 Å². The van der Waals surface area contributed by atoms with Crippen molar-refractivity contribution in [3.63, 3.8) is 0 Å². The van der Waals surface area contributed by atoms with Gasteiger partial charge in [-0.25, -0.2) is 0 Å². The number of aromatic nitrogens is 2. The zero-order valence-electron chi connectivity index (χ0n) is 11.6. The van der Waals surface area contributed by atoms with E-state index in [1.54, 1.807) is 0 Å². The number of anilines is 2. The number of thiophene rings is 1. The summed E-state index contributed by atoms with van der Waals surface area (Å²) in [7, 11) is 0. The summed E-state index contributed by atoms with van der Waals surface area (Å²) in [5, 5.41) is 19.1. The number of nitrogen functional groups attached to an aromatic ring is 1. The summed E-state index contributed by atoms with van der Waals surface area (Å²) in [5.74, 6) is 0.252. The largest absolute Gasteiger partial charge is 0.396 e. The molecule has 21 heavy (non-hydrogen) atoms. The monoisotopic (exact) mass is 301 g/mol. The first kappa shape index (κ1) is 13.6. The molecule has 1 unspecified atom stereocenters. The summed E-state index contributed by atoms with van der Waals surface area (Å²) in [6.07, 6.45) is 4.34. The van der Waals surface area contributed by atoms with E-state index < -0.39 is 0 Å². The summed E-state index contributed by atoms with van der Waals surface area (Å²) in [6, 6.07) is 2.22. The number of hydrogen-bond donors (Lipinski definition) is 3. The number of carbonyl (C=O) groups excluding carboxylic acids is 1. The van der Waals surface area contributed by atoms with E-state index in [9.17, 15) is 10.1 Å². The minimum atomic E-state index is -0.367. The number of nitriles is 1. The number of rotatable bonds is 2. The summed E-state index contributed by atoms with van der Waals surface area (Å²) in [4.78, 5) is 13.4. The minimum Gasteiger partial charge on any atom is -0.396 e. The van der Waals surface area contributed by atoms with E-state index in [2.05, 4.69) is 28.5 Å². The van der Waals surface area contributed by atoms with Crippen LogP contribution in [0.15, 0.2) is 6.20 Å². The number of H-pyrrole nitrogens is 1. The van der Waals surface area contributed by atoms with Crippen molar-refractivity contribution < 1.29 is 4.79 Å². The molecule has 1 amide bonds. The van der Waals surface area contributed by atoms with Gasteiger partial charge < -0.3 is 11.1 Å². The highest BCUT2D eigenvalue weighted by Crippen LogP contribution is 2.39. The Labute approximate surface area is 126 Å². The summed E-state index contributed by atoms with van der Waals surface area (Å²) >= 11 is 1.49. The lowest BCUT2D eigenvalue weighted by Crippen LogP contribution is -2.14. The molecule has 0 radical (unpaired) electrons. The van der Waals surface area contributed by atoms with Crippen molar-refractivity contribution in [3.05, 3.63) is 27.9 Å². The second-order valence-corrected chi connectivity index (χ2v) is 6.43. The van der Waals surface area contributed by atoms with E-state index >= 15 is 0 Å². The molecule has 7 heteroatoms. The lowest BCUT2D eigenvalue weighted by Gasteiger charge is -2.17. The van der Waals surface area contributed by atoms with Gasteiger partial charge in [-0.1, -0.05) is 6.92 Å². The molecule has 1 aliphatic carbocycles. The molecule has 0 bridgehead atoms. The van der Waals surface area contributed by atoms with Crippen LogP contribution < -0.4 is 11.1 Å². The maximum Gasteiger partial charge on any atom is 0.276 e. The van der Waals surface area contributed by atoms with Crippen LogP contribution in [-0.4, -0.2) is 16.1 Å². The molecule has 1 atom stereocenters. The number of amides is 1. The highest BCUT2D eigenvalue weighted by molar-refractivity contribution is 7.16. The highest BCUT2D eigenvalue weighted by Gasteiger charge is 2.25. The molecule has 0 saturated heterocycles. The molecule has 1 aliphatic rings. The van der Waals surface area contributed by atoms with Gasteiger partial charge in [-0.3, -0.25) is 9.89 Å². The van der Waals surface area contributed by atoms with Crippen LogP contribution >= 0.6 is 11.3 Å². The fourth-order valence-electron chi connectivity index (χ4n) is 2.60. The van der Waals surface area contributed by atoms with Crippen molar-refractivity contribution in [1.82, 2.24) is 10.2 Å². The first-order valence-corrected chi connectivity index (χ1v) is 7.56. The Morgan fingerprint density at radius 1 is 1.67 bits per heavy atom. The fourth-order valence-corrected chi connectivity index (χ4v) is 3.96. The van der Waals surface area contributed by atoms with Crippen LogP contribution in [0.4, 0.5) is 10.7 Å². The third-order valence-electron chi connectivity index (χ3n) is 3.75. The van der Waals surface area contributed by atoms with E-state index in [0.29, 0.717) is 22.2 Å². The Balaban J connectivity index is 1.91. The minimum absolute atomic E-state index is 0.221. The van der Waals surface area contributed by atoms with Gasteiger partial charge in [0.15, 0.2) is 0 Å². The third kappa shape index (κ3) is 2.38. The SMILES string of the molecule is CC1CCc2c(sc(NC(=O)c3[nH]ncc3N)c2C#N)C1. The fraction of sp³-hybridized carbons (Fsp3) is 0.357. The molecule has 6 nitrogen and oxygen atoms in total. The third-order valence-corrected chi connectivity index (χ3v) is 4.92. The second-order valence-electron chi connectivity index (χ2n) is 5.32. The predicted molar refractivity (Wildman–Crippen MR) is 81.2 cm³/mol. The molecule has 0 fully saturated rings. The van der Waals surface area contributed by atoms with Gasteiger partial charge in [0.05, 0.1) is 17.4 Å². The molecule has 0 aromatic carbocycles. The maximum absolute atomic E-state index is 12.2. The average molecular weight is 301 g/mol. The van der Waals surface area contributed by atoms with Crippen LogP contribution in [-0.2, 0) is 12.8 Å². The van der Waals surface area contributed by atoms with E-state index in [-0.39, 0.29) is 11.6 Å². The number of hydrogen-bond acceptors (Lipinski definition) is 5. The van der Waals surface area contributed by atoms with Crippen LogP contribution in [0.5, 0.6) is 0 Å². The lowest BCUT2D eigenvalue weighted by molar-refractivity contribution is 0.102. The van der Waals surface area contributed by atoms with Gasteiger partial charge in [-0.15, -0.1) is 11.3 Å². The molecule has 4 N–H and O–H groups in total. The van der Waals surface area contributed by atoms with Crippen LogP contribution in [0.2, 0.25) is 0 Å². The van der Waals surface area contributed by atoms with Gasteiger partial charge in [0.1, 0.15) is 16.8 Å². The van der Waals surface area contributed by atoms with E-state index in [0.717, 1.165) is 24.8 Å². The summed E-state index contributed by atoms with van der Waals surface area (Å²) in [5.41, 5.74) is 7.86. The standard InChI is InChI=1S/C14H15N5OS/c1-7-2-3-8-9(5-15)14(21-11(8)4-7)18-13(20)12-10(16)6-17-19-12/h6-7H,2-4,16H2,1H3,(H,17,19)(H,18,20). The van der Waals surface area contributed by atoms with Crippen molar-refractivity contribution in [1.29, 1.82) is 5.26 Å². The first-order valence-electron chi connectivity index (χ1n) is 6.75. The smallest absolute Gasteiger partial charge is 0.276 e. The summed E-state index contributed by atoms with van der Waals surface area (Å²) < 4.78 is 0. The zero-order chi connectivity index (χ0) is 15.0. The van der Waals surface area contributed by atoms with Gasteiger partial charge in [-0.05, 0) is 30.7 Å². The van der Waals surface area contributed by atoms with E-state index in [4.69, 9.17) is 5.73 Å². The van der Waals surface area contributed by atoms with Gasteiger partial charge in [0.2, 0.25) is 0 Å². The molecule has 2 aromatic heterocycles. The Kier molecular flexibility index (Phi) is 3.39. The zero-order valence-corrected chi connectivity index (χ0v) is 12.4. The predicted octanol–water partition coefficient (Wildman–Crippen LogP) is 2.30. The number of nitrogens with one attached hydrogen (secondary N) is 2. The maximum atomic E-state index is 12.2. The molecule has 2 aromatic rings. The highest BCUT2D eigenvalue weighted by atomic mass is 32.1. The topological polar surface area (TPSA) is 108 Å². The molecular formula is C14H15N5OS. The second kappa shape index (κ2) is 5.22. The quantitative estimate of drug-likeness (QED) is 0.791. The number of nitrogens with zero attached hydrogens (tertiary/aromatic N) is 2. The van der Waals surface area contributed by atoms with Crippen LogP contribution in [0.1, 0.15) is 39.8 Å². The van der Waals surface area contributed by atoms with Crippen molar-refractivity contribution in [2.24, 2.45) is 5.92 Å². The van der Waals surface area contributed by atoms with Crippen molar-refractivity contribution in [2.45, 2.75) is 26.2 Å². The van der Waals surface area contributed by atoms with Crippen LogP contribution in [0.3, 0.4) is 0 Å². The van der Waals surface area contributed by atoms with Gasteiger partial charge in [0.25, 0.3) is 5.91 Å². The Morgan fingerprint density at radius 2 is 2.48 bits per heavy atom. The number of nitrogens with two attached hydrogens (primary N) is 1. The summed E-state index contributed by atoms with van der Waals surface area (Å²) in [6.45, 7) is 2.21. The number of carbonyl (C=O) groups is 1. The van der Waals surface area contributed by atoms with E-state index in [1.165, 1.54) is 22.4 Å². The normalized spacial score (nSPS) is 17.0. The Morgan fingerprint density at radius 3 is 3.14 bits per heavy atom. The molecule has 3 rings (SSSR count). The van der Waals surface area contributed by atoms with E-state index in [1.807, 2.05) is 0 Å². The number of fused-ring (bicyclic) bond motifs is 1. The van der Waals surface area contributed by atoms with Crippen LogP contribution in [0, 0.1) is 17.2 Å². The molecule has 0 saturated carbocycles. The molecule has 108 valence electrons. The van der Waals surface area contributed by atoms with Crippen molar-refractivity contribution in [3.8, 4) is 6.07 Å². The Bertz CT molecular complexity index is 739. The molecule has 0 spiro atoms. The van der Waals surface area contributed by atoms with Crippen LogP contribution in [0.25, 0.3) is 0 Å². The molecule has 0 aliphatic heterocycles. The lowest BCUT2D eigenvalue weighted by atomic mass is 9.89. The van der Waals surface area contributed by atoms with Crippen molar-refractivity contribution in [2.75, 3.05) is 11.1 Å². The van der Waals surface area contributed by atoms with Gasteiger partial charge in [0, 0.05) is 4.88 Å². The number of aromatic amines is 1. The molecule has 2 heterocycles. The average Bonchev–Trinajstić information content (AvgIpc) is 3.01. The first-order chi connectivity index (χ1) is 10.1. The van der Waals surface area contributed by atoms with Gasteiger partial charge in [-0.2, -0.15) is 10.4 Å². The molecular weight excluding hydrogens is 286 g/mol. The van der Waals surface area contributed by atoms with Gasteiger partial charge >= 0.3 is 0 Å².